The number of methoxy groups -OCH3 is 1. The van der Waals surface area contributed by atoms with Gasteiger partial charge in [0.1, 0.15) is 5.75 Å². The smallest absolute Gasteiger partial charge is 0.387 e. The first-order valence-electron chi connectivity index (χ1n) is 11.0. The molecular formula is C23H29F2N3O5S. The van der Waals surface area contributed by atoms with Crippen LogP contribution in [0.2, 0.25) is 0 Å². The second kappa shape index (κ2) is 11.9. The highest BCUT2D eigenvalue weighted by Gasteiger charge is 2.17. The number of nitrogens with one attached hydrogen (secondary N) is 2. The molecule has 11 heteroatoms. The van der Waals surface area contributed by atoms with Crippen LogP contribution in [0.15, 0.2) is 42.5 Å². The second-order valence-electron chi connectivity index (χ2n) is 7.92. The molecule has 34 heavy (non-hydrogen) atoms. The summed E-state index contributed by atoms with van der Waals surface area (Å²) in [5, 5.41) is 2.53. The molecule has 2 aromatic rings. The first-order chi connectivity index (χ1) is 16.3. The van der Waals surface area contributed by atoms with Crippen molar-refractivity contribution in [3.63, 3.8) is 0 Å². The fraction of sp³-hybridized carbons (Fsp3) is 0.435. The predicted molar refractivity (Wildman–Crippen MR) is 126 cm³/mol. The van der Waals surface area contributed by atoms with Crippen molar-refractivity contribution >= 4 is 27.3 Å². The Morgan fingerprint density at radius 3 is 2.41 bits per heavy atom. The normalized spacial score (nSPS) is 14.1. The molecule has 0 spiro atoms. The van der Waals surface area contributed by atoms with Gasteiger partial charge in [-0.25, -0.2) is 8.42 Å². The molecule has 186 valence electrons. The average molecular weight is 498 g/mol. The topological polar surface area (TPSA) is 97.0 Å². The van der Waals surface area contributed by atoms with Crippen molar-refractivity contribution in [2.45, 2.75) is 32.3 Å². The van der Waals surface area contributed by atoms with Crippen molar-refractivity contribution < 1.29 is 31.5 Å². The number of ether oxygens (including phenoxy) is 2. The van der Waals surface area contributed by atoms with E-state index in [1.807, 2.05) is 12.1 Å². The molecular weight excluding hydrogens is 468 g/mol. The van der Waals surface area contributed by atoms with E-state index in [1.54, 1.807) is 18.2 Å². The molecule has 1 fully saturated rings. The van der Waals surface area contributed by atoms with E-state index in [9.17, 15) is 22.0 Å². The third kappa shape index (κ3) is 7.75. The maximum atomic E-state index is 12.5. The molecule has 1 aliphatic heterocycles. The number of alkyl halides is 2. The number of benzene rings is 2. The van der Waals surface area contributed by atoms with Gasteiger partial charge >= 0.3 is 6.61 Å². The van der Waals surface area contributed by atoms with Crippen LogP contribution in [0.3, 0.4) is 0 Å². The van der Waals surface area contributed by atoms with Crippen LogP contribution < -0.4 is 24.4 Å². The summed E-state index contributed by atoms with van der Waals surface area (Å²) >= 11 is 0. The van der Waals surface area contributed by atoms with Gasteiger partial charge in [-0.05, 0) is 67.6 Å². The number of piperidine rings is 1. The number of hydrogen-bond acceptors (Lipinski definition) is 6. The number of rotatable bonds is 11. The van der Waals surface area contributed by atoms with Crippen LogP contribution in [0.5, 0.6) is 11.5 Å². The lowest BCUT2D eigenvalue weighted by Gasteiger charge is -2.28. The van der Waals surface area contributed by atoms with Crippen LogP contribution in [-0.2, 0) is 21.2 Å². The third-order valence-electron chi connectivity index (χ3n) is 5.36. The second-order valence-corrected chi connectivity index (χ2v) is 9.64. The number of hydrogen-bond donors (Lipinski definition) is 2. The Labute approximate surface area is 198 Å². The molecule has 0 aliphatic carbocycles. The van der Waals surface area contributed by atoms with Gasteiger partial charge in [-0.2, -0.15) is 8.78 Å². The molecule has 0 saturated carbocycles. The Morgan fingerprint density at radius 1 is 1.06 bits per heavy atom. The van der Waals surface area contributed by atoms with Gasteiger partial charge in [0, 0.05) is 31.0 Å². The highest BCUT2D eigenvalue weighted by molar-refractivity contribution is 7.93. The summed E-state index contributed by atoms with van der Waals surface area (Å²) in [5.41, 5.74) is 2.05. The van der Waals surface area contributed by atoms with Crippen LogP contribution in [0.25, 0.3) is 0 Å². The number of amides is 1. The lowest BCUT2D eigenvalue weighted by molar-refractivity contribution is -0.118. The van der Waals surface area contributed by atoms with Crippen LogP contribution in [0.1, 0.15) is 24.8 Å². The molecule has 1 amide bonds. The Balaban J connectivity index is 1.47. The zero-order valence-electron chi connectivity index (χ0n) is 18.9. The number of sulfonamides is 1. The van der Waals surface area contributed by atoms with E-state index in [0.717, 1.165) is 31.6 Å². The van der Waals surface area contributed by atoms with Crippen molar-refractivity contribution in [1.82, 2.24) is 5.32 Å². The molecule has 0 unspecified atom stereocenters. The number of anilines is 2. The fourth-order valence-electron chi connectivity index (χ4n) is 3.74. The highest BCUT2D eigenvalue weighted by Crippen LogP contribution is 2.29. The van der Waals surface area contributed by atoms with E-state index in [2.05, 4.69) is 19.7 Å². The van der Waals surface area contributed by atoms with Gasteiger partial charge in [0.2, 0.25) is 15.9 Å². The minimum atomic E-state index is -3.89. The van der Waals surface area contributed by atoms with Crippen molar-refractivity contribution in [3.8, 4) is 11.5 Å². The van der Waals surface area contributed by atoms with E-state index in [1.165, 1.54) is 25.7 Å². The van der Waals surface area contributed by atoms with Gasteiger partial charge in [-0.1, -0.05) is 6.07 Å². The number of nitrogens with zero attached hydrogens (tertiary/aromatic N) is 1. The van der Waals surface area contributed by atoms with Gasteiger partial charge in [0.25, 0.3) is 0 Å². The number of carbonyl (C=O) groups excluding carboxylic acids is 1. The van der Waals surface area contributed by atoms with Gasteiger partial charge in [0.05, 0.1) is 7.11 Å². The van der Waals surface area contributed by atoms with E-state index in [-0.39, 0.29) is 18.0 Å². The SMILES string of the molecule is COc1ccc(CCNC(=O)CS(=O)(=O)Nc2ccc(N3CCCCC3)cc2)cc1OC(F)F. The minimum Gasteiger partial charge on any atom is -0.493 e. The highest BCUT2D eigenvalue weighted by atomic mass is 32.2. The molecule has 3 rings (SSSR count). The Kier molecular flexibility index (Phi) is 8.91. The molecule has 2 aromatic carbocycles. The Hall–Kier alpha value is -3.08. The first kappa shape index (κ1) is 25.5. The van der Waals surface area contributed by atoms with Crippen LogP contribution >= 0.6 is 0 Å². The van der Waals surface area contributed by atoms with Crippen molar-refractivity contribution in [2.75, 3.05) is 42.1 Å². The molecule has 8 nitrogen and oxygen atoms in total. The van der Waals surface area contributed by atoms with Crippen molar-refractivity contribution in [2.24, 2.45) is 0 Å². The lowest BCUT2D eigenvalue weighted by Crippen LogP contribution is -2.34. The summed E-state index contributed by atoms with van der Waals surface area (Å²) in [6.07, 6.45) is 3.81. The molecule has 0 aromatic heterocycles. The average Bonchev–Trinajstić information content (AvgIpc) is 2.79. The zero-order chi connectivity index (χ0) is 24.6. The first-order valence-corrected chi connectivity index (χ1v) is 12.6. The maximum Gasteiger partial charge on any atom is 0.387 e. The van der Waals surface area contributed by atoms with Gasteiger partial charge in [0.15, 0.2) is 11.5 Å². The van der Waals surface area contributed by atoms with Crippen LogP contribution in [0.4, 0.5) is 20.2 Å². The Morgan fingerprint density at radius 2 is 1.76 bits per heavy atom. The monoisotopic (exact) mass is 497 g/mol. The summed E-state index contributed by atoms with van der Waals surface area (Å²) in [4.78, 5) is 14.4. The summed E-state index contributed by atoms with van der Waals surface area (Å²) in [6, 6.07) is 11.6. The maximum absolute atomic E-state index is 12.5. The molecule has 0 bridgehead atoms. The Bertz CT molecular complexity index is 1060. The molecule has 0 atom stereocenters. The lowest BCUT2D eigenvalue weighted by atomic mass is 10.1. The summed E-state index contributed by atoms with van der Waals surface area (Å²) in [7, 11) is -2.55. The minimum absolute atomic E-state index is 0.112. The summed E-state index contributed by atoms with van der Waals surface area (Å²) in [5.74, 6) is -1.35. The third-order valence-corrected chi connectivity index (χ3v) is 6.55. The van der Waals surface area contributed by atoms with Crippen LogP contribution in [-0.4, -0.2) is 53.4 Å². The summed E-state index contributed by atoms with van der Waals surface area (Å²) < 4.78 is 61.6. The van der Waals surface area contributed by atoms with E-state index < -0.39 is 28.3 Å². The fourth-order valence-corrected chi connectivity index (χ4v) is 4.76. The van der Waals surface area contributed by atoms with Gasteiger partial charge < -0.3 is 19.7 Å². The van der Waals surface area contributed by atoms with E-state index in [4.69, 9.17) is 4.74 Å². The zero-order valence-corrected chi connectivity index (χ0v) is 19.7. The van der Waals surface area contributed by atoms with Crippen molar-refractivity contribution in [3.05, 3.63) is 48.0 Å². The molecule has 1 saturated heterocycles. The molecule has 1 aliphatic rings. The number of halogens is 2. The standard InChI is InChI=1S/C23H29F2N3O5S/c1-32-20-10-5-17(15-21(20)33-23(24)25)11-12-26-22(29)16-34(30,31)27-18-6-8-19(9-7-18)28-13-3-2-4-14-28/h5-10,15,23,27H,2-4,11-14,16H2,1H3,(H,26,29). The van der Waals surface area contributed by atoms with E-state index >= 15 is 0 Å². The van der Waals surface area contributed by atoms with Crippen molar-refractivity contribution in [1.29, 1.82) is 0 Å². The molecule has 2 N–H and O–H groups in total. The number of carbonyl (C=O) groups is 1. The summed E-state index contributed by atoms with van der Waals surface area (Å²) in [6.45, 7) is -0.896. The molecule has 0 radical (unpaired) electrons. The van der Waals surface area contributed by atoms with Gasteiger partial charge in [-0.15, -0.1) is 0 Å². The van der Waals surface area contributed by atoms with Gasteiger partial charge in [-0.3, -0.25) is 9.52 Å². The quantitative estimate of drug-likeness (QED) is 0.494. The van der Waals surface area contributed by atoms with E-state index in [0.29, 0.717) is 17.7 Å². The molecule has 1 heterocycles. The predicted octanol–water partition coefficient (Wildman–Crippen LogP) is 3.39. The van der Waals surface area contributed by atoms with Crippen LogP contribution in [0, 0.1) is 0 Å². The largest absolute Gasteiger partial charge is 0.493 e.